The molecular weight excluding hydrogens is 496 g/mol. The fourth-order valence-corrected chi connectivity index (χ4v) is 4.65. The number of esters is 1. The maximum Gasteiger partial charge on any atom is 0.338 e. The van der Waals surface area contributed by atoms with Gasteiger partial charge in [-0.15, -0.1) is 0 Å². The van der Waals surface area contributed by atoms with Crippen LogP contribution in [0.1, 0.15) is 16.8 Å². The predicted octanol–water partition coefficient (Wildman–Crippen LogP) is -0.739. The van der Waals surface area contributed by atoms with E-state index in [-0.39, 0.29) is 35.7 Å². The number of aliphatic carboxylic acids is 1. The van der Waals surface area contributed by atoms with Gasteiger partial charge in [-0.3, -0.25) is 0 Å². The molecule has 1 aromatic carbocycles. The van der Waals surface area contributed by atoms with Gasteiger partial charge >= 0.3 is 11.9 Å². The molecule has 0 amide bonds. The van der Waals surface area contributed by atoms with E-state index in [1.165, 1.54) is 25.3 Å². The number of allylic oxidation sites excluding steroid dienone is 1. The van der Waals surface area contributed by atoms with Gasteiger partial charge in [0.2, 0.25) is 6.29 Å². The number of fused-ring (bicyclic) bond motifs is 1. The lowest BCUT2D eigenvalue weighted by Crippen LogP contribution is -2.60. The summed E-state index contributed by atoms with van der Waals surface area (Å²) in [5.41, 5.74) is 0.579. The lowest BCUT2D eigenvalue weighted by molar-refractivity contribution is -0.339. The third-order valence-electron chi connectivity index (χ3n) is 6.67. The fraction of sp³-hybridized carbons (Fsp3) is 0.500. The topological polar surface area (TPSA) is 202 Å². The Morgan fingerprint density at radius 1 is 1.11 bits per heavy atom. The zero-order valence-corrected chi connectivity index (χ0v) is 19.7. The molecule has 0 bridgehead atoms. The van der Waals surface area contributed by atoms with Gasteiger partial charge in [0.05, 0.1) is 37.0 Å². The summed E-state index contributed by atoms with van der Waals surface area (Å²) in [7, 11) is 1.33. The Labute approximate surface area is 210 Å². The molecule has 13 nitrogen and oxygen atoms in total. The average Bonchev–Trinajstić information content (AvgIpc) is 3.32. The molecule has 202 valence electrons. The fourth-order valence-electron chi connectivity index (χ4n) is 4.65. The molecule has 0 spiro atoms. The summed E-state index contributed by atoms with van der Waals surface area (Å²) in [6.45, 7) is -0.900. The highest BCUT2D eigenvalue weighted by molar-refractivity contribution is 5.90. The molecular formula is C24H28O13. The van der Waals surface area contributed by atoms with Crippen molar-refractivity contribution in [3.8, 4) is 11.5 Å². The number of hydrogen-bond donors (Lipinski definition) is 6. The van der Waals surface area contributed by atoms with E-state index in [4.69, 9.17) is 23.7 Å². The summed E-state index contributed by atoms with van der Waals surface area (Å²) in [6, 6.07) is 3.94. The van der Waals surface area contributed by atoms with Crippen molar-refractivity contribution >= 4 is 11.9 Å². The van der Waals surface area contributed by atoms with E-state index >= 15 is 0 Å². The van der Waals surface area contributed by atoms with Gasteiger partial charge in [-0.05, 0) is 30.2 Å². The molecule has 3 aliphatic rings. The lowest BCUT2D eigenvalue weighted by Gasteiger charge is -2.42. The van der Waals surface area contributed by atoms with E-state index in [0.717, 1.165) is 6.26 Å². The number of phenolic OH excluding ortho intramolecular Hbond substituents is 1. The number of methoxy groups -OCH3 is 1. The van der Waals surface area contributed by atoms with Gasteiger partial charge in [0.15, 0.2) is 17.8 Å². The Bertz CT molecular complexity index is 1080. The third kappa shape index (κ3) is 5.28. The first-order valence-corrected chi connectivity index (χ1v) is 11.4. The van der Waals surface area contributed by atoms with Gasteiger partial charge in [-0.25, -0.2) is 9.59 Å². The van der Waals surface area contributed by atoms with E-state index in [1.807, 2.05) is 0 Å². The molecule has 0 saturated carbocycles. The van der Waals surface area contributed by atoms with Crippen LogP contribution in [-0.4, -0.2) is 99.9 Å². The molecule has 0 radical (unpaired) electrons. The van der Waals surface area contributed by atoms with Gasteiger partial charge in [-0.1, -0.05) is 6.08 Å². The molecule has 37 heavy (non-hydrogen) atoms. The van der Waals surface area contributed by atoms with E-state index in [9.17, 15) is 40.2 Å². The highest BCUT2D eigenvalue weighted by atomic mass is 16.8. The number of phenols is 1. The van der Waals surface area contributed by atoms with Crippen LogP contribution in [-0.2, 0) is 23.7 Å². The quantitative estimate of drug-likeness (QED) is 0.184. The number of rotatable bonds is 8. The van der Waals surface area contributed by atoms with Crippen LogP contribution < -0.4 is 4.74 Å². The molecule has 4 rings (SSSR count). The molecule has 1 aromatic rings. The van der Waals surface area contributed by atoms with Crippen LogP contribution in [0.5, 0.6) is 11.5 Å². The molecule has 13 heteroatoms. The summed E-state index contributed by atoms with van der Waals surface area (Å²) in [6.07, 6.45) is -5.89. The number of aromatic hydroxyl groups is 1. The summed E-state index contributed by atoms with van der Waals surface area (Å²) >= 11 is 0. The van der Waals surface area contributed by atoms with Crippen LogP contribution >= 0.6 is 0 Å². The third-order valence-corrected chi connectivity index (χ3v) is 6.67. The molecule has 1 aliphatic carbocycles. The second-order valence-electron chi connectivity index (χ2n) is 8.83. The maximum atomic E-state index is 12.6. The Kier molecular flexibility index (Phi) is 8.02. The van der Waals surface area contributed by atoms with Gasteiger partial charge in [0.1, 0.15) is 31.0 Å². The zero-order chi connectivity index (χ0) is 26.9. The summed E-state index contributed by atoms with van der Waals surface area (Å²) in [5, 5.41) is 59.2. The monoisotopic (exact) mass is 524 g/mol. The van der Waals surface area contributed by atoms with Crippen molar-refractivity contribution in [3.63, 3.8) is 0 Å². The number of benzene rings is 1. The number of aliphatic hydroxyl groups excluding tert-OH is 4. The van der Waals surface area contributed by atoms with Crippen molar-refractivity contribution in [3.05, 3.63) is 47.2 Å². The number of carboxylic acids is 1. The minimum absolute atomic E-state index is 0.0282. The Morgan fingerprint density at radius 3 is 2.54 bits per heavy atom. The maximum absolute atomic E-state index is 12.6. The van der Waals surface area contributed by atoms with E-state index in [1.54, 1.807) is 6.08 Å². The van der Waals surface area contributed by atoms with Gasteiger partial charge in [-0.2, -0.15) is 0 Å². The second-order valence-corrected chi connectivity index (χ2v) is 8.83. The van der Waals surface area contributed by atoms with Gasteiger partial charge in [0.25, 0.3) is 0 Å². The number of aliphatic hydroxyl groups is 4. The second kappa shape index (κ2) is 11.0. The zero-order valence-electron chi connectivity index (χ0n) is 19.7. The van der Waals surface area contributed by atoms with Crippen molar-refractivity contribution in [2.45, 2.75) is 43.4 Å². The standard InChI is InChI=1S/C24H28O13/c1-33-15-6-10(3-5-14(15)26)22(32)34-8-11-2-4-12-13(21(30)31)9-35-23(17(11)12)37-24-20(29)19(28)18(27)16(7-25)36-24/h2-3,5-6,9,12,16-20,23-29H,4,7-8H2,1H3,(H,30,31). The summed E-state index contributed by atoms with van der Waals surface area (Å²) in [5.74, 6) is -3.36. The van der Waals surface area contributed by atoms with Crippen LogP contribution in [0.4, 0.5) is 0 Å². The molecule has 2 heterocycles. The molecule has 0 aromatic heterocycles. The Balaban J connectivity index is 1.50. The first-order chi connectivity index (χ1) is 17.7. The van der Waals surface area contributed by atoms with E-state index in [2.05, 4.69) is 0 Å². The highest BCUT2D eigenvalue weighted by Gasteiger charge is 2.49. The molecule has 2 aliphatic heterocycles. The van der Waals surface area contributed by atoms with Gasteiger partial charge in [0, 0.05) is 5.92 Å². The first-order valence-electron chi connectivity index (χ1n) is 11.4. The SMILES string of the molecule is COc1cc(C(=O)OCC2=CCC3C(C(=O)O)=COC(OC4OC(CO)C(O)C(O)C4O)C23)ccc1O. The summed E-state index contributed by atoms with van der Waals surface area (Å²) in [4.78, 5) is 24.4. The van der Waals surface area contributed by atoms with Crippen molar-refractivity contribution in [1.82, 2.24) is 0 Å². The normalized spacial score (nSPS) is 33.0. The highest BCUT2D eigenvalue weighted by Crippen LogP contribution is 2.44. The Morgan fingerprint density at radius 2 is 1.86 bits per heavy atom. The van der Waals surface area contributed by atoms with Crippen LogP contribution in [0.2, 0.25) is 0 Å². The van der Waals surface area contributed by atoms with Crippen LogP contribution in [0, 0.1) is 11.8 Å². The molecule has 8 atom stereocenters. The van der Waals surface area contributed by atoms with E-state index < -0.39 is 67.4 Å². The number of hydrogen-bond acceptors (Lipinski definition) is 12. The first kappa shape index (κ1) is 26.9. The predicted molar refractivity (Wildman–Crippen MR) is 120 cm³/mol. The van der Waals surface area contributed by atoms with Crippen molar-refractivity contribution < 1.29 is 63.9 Å². The van der Waals surface area contributed by atoms with Crippen molar-refractivity contribution in [2.75, 3.05) is 20.3 Å². The largest absolute Gasteiger partial charge is 0.504 e. The van der Waals surface area contributed by atoms with Gasteiger partial charge < -0.3 is 54.3 Å². The number of carbonyl (C=O) groups is 2. The van der Waals surface area contributed by atoms with Crippen molar-refractivity contribution in [1.29, 1.82) is 0 Å². The molecule has 1 fully saturated rings. The number of ether oxygens (including phenoxy) is 5. The van der Waals surface area contributed by atoms with Crippen LogP contribution in [0.25, 0.3) is 0 Å². The number of carboxylic acid groups (broad SMARTS) is 1. The average molecular weight is 524 g/mol. The molecule has 6 N–H and O–H groups in total. The van der Waals surface area contributed by atoms with Crippen molar-refractivity contribution in [2.24, 2.45) is 11.8 Å². The number of carbonyl (C=O) groups excluding carboxylic acids is 1. The summed E-state index contributed by atoms with van der Waals surface area (Å²) < 4.78 is 27.1. The molecule has 1 saturated heterocycles. The smallest absolute Gasteiger partial charge is 0.338 e. The lowest BCUT2D eigenvalue weighted by atomic mass is 9.83. The van der Waals surface area contributed by atoms with Crippen LogP contribution in [0.15, 0.2) is 41.7 Å². The van der Waals surface area contributed by atoms with E-state index in [0.29, 0.717) is 5.57 Å². The Hall–Kier alpha value is -3.20. The van der Waals surface area contributed by atoms with Crippen LogP contribution in [0.3, 0.4) is 0 Å². The minimum Gasteiger partial charge on any atom is -0.504 e. The molecule has 8 unspecified atom stereocenters. The minimum atomic E-state index is -1.69.